The Morgan fingerprint density at radius 3 is 2.70 bits per heavy atom. The molecule has 0 bridgehead atoms. The first-order chi connectivity index (χ1) is 9.65. The largest absolute Gasteiger partial charge is 0.384 e. The lowest BCUT2D eigenvalue weighted by atomic mass is 10.1. The molecule has 104 valence electrons. The summed E-state index contributed by atoms with van der Waals surface area (Å²) in [6, 6.07) is 7.27. The molecular weight excluding hydrogens is 265 g/mol. The molecule has 2 aromatic carbocycles. The van der Waals surface area contributed by atoms with Gasteiger partial charge in [-0.2, -0.15) is 0 Å². The van der Waals surface area contributed by atoms with Gasteiger partial charge < -0.3 is 10.6 Å². The predicted octanol–water partition coefficient (Wildman–Crippen LogP) is 3.68. The van der Waals surface area contributed by atoms with Crippen molar-refractivity contribution in [3.63, 3.8) is 0 Å². The van der Waals surface area contributed by atoms with Crippen molar-refractivity contribution in [1.29, 1.82) is 0 Å². The number of fused-ring (bicyclic) bond motifs is 1. The lowest BCUT2D eigenvalue weighted by molar-refractivity contribution is 0.496. The van der Waals surface area contributed by atoms with Crippen molar-refractivity contribution in [2.75, 3.05) is 17.2 Å². The number of halogens is 3. The van der Waals surface area contributed by atoms with Gasteiger partial charge in [0.05, 0.1) is 5.69 Å². The molecule has 0 spiro atoms. The van der Waals surface area contributed by atoms with Gasteiger partial charge in [0.15, 0.2) is 11.6 Å². The minimum atomic E-state index is -1.18. The van der Waals surface area contributed by atoms with Gasteiger partial charge in [-0.05, 0) is 17.5 Å². The third-order valence-corrected chi connectivity index (χ3v) is 3.41. The van der Waals surface area contributed by atoms with Gasteiger partial charge in [-0.25, -0.2) is 13.2 Å². The summed E-state index contributed by atoms with van der Waals surface area (Å²) in [6.07, 6.45) is 0.961. The smallest absolute Gasteiger partial charge is 0.161 e. The second kappa shape index (κ2) is 5.07. The molecule has 0 fully saturated rings. The minimum absolute atomic E-state index is 0.0421. The second-order valence-electron chi connectivity index (χ2n) is 4.73. The van der Waals surface area contributed by atoms with Gasteiger partial charge in [-0.1, -0.05) is 18.2 Å². The molecule has 0 atom stereocenters. The average molecular weight is 278 g/mol. The van der Waals surface area contributed by atoms with Gasteiger partial charge in [0.25, 0.3) is 0 Å². The Balaban J connectivity index is 1.81. The zero-order valence-electron chi connectivity index (χ0n) is 10.6. The summed E-state index contributed by atoms with van der Waals surface area (Å²) in [4.78, 5) is 0. The number of benzene rings is 2. The van der Waals surface area contributed by atoms with E-state index in [2.05, 4.69) is 10.6 Å². The van der Waals surface area contributed by atoms with Crippen LogP contribution in [0.5, 0.6) is 0 Å². The zero-order chi connectivity index (χ0) is 14.1. The van der Waals surface area contributed by atoms with Crippen LogP contribution in [0.4, 0.5) is 24.5 Å². The molecule has 2 nitrogen and oxygen atoms in total. The molecule has 0 saturated carbocycles. The number of hydrogen-bond donors (Lipinski definition) is 2. The van der Waals surface area contributed by atoms with E-state index in [4.69, 9.17) is 0 Å². The summed E-state index contributed by atoms with van der Waals surface area (Å²) < 4.78 is 39.5. The van der Waals surface area contributed by atoms with E-state index in [1.165, 1.54) is 5.56 Å². The SMILES string of the molecule is Fc1cc(F)c(NCc2cccc3c2NCC3)cc1F. The van der Waals surface area contributed by atoms with Crippen molar-refractivity contribution in [3.05, 3.63) is 58.9 Å². The highest BCUT2D eigenvalue weighted by atomic mass is 19.2. The van der Waals surface area contributed by atoms with Crippen LogP contribution in [-0.2, 0) is 13.0 Å². The first-order valence-corrected chi connectivity index (χ1v) is 6.38. The Labute approximate surface area is 114 Å². The van der Waals surface area contributed by atoms with Gasteiger partial charge in [0.2, 0.25) is 0 Å². The van der Waals surface area contributed by atoms with Crippen LogP contribution in [0.15, 0.2) is 30.3 Å². The number of para-hydroxylation sites is 1. The first kappa shape index (κ1) is 12.8. The van der Waals surface area contributed by atoms with E-state index in [9.17, 15) is 13.2 Å². The third kappa shape index (κ3) is 2.31. The number of rotatable bonds is 3. The molecule has 0 aliphatic carbocycles. The molecule has 0 amide bonds. The van der Waals surface area contributed by atoms with Gasteiger partial charge >= 0.3 is 0 Å². The molecule has 1 heterocycles. The predicted molar refractivity (Wildman–Crippen MR) is 72.3 cm³/mol. The Morgan fingerprint density at radius 1 is 1.05 bits per heavy atom. The maximum Gasteiger partial charge on any atom is 0.161 e. The second-order valence-corrected chi connectivity index (χ2v) is 4.73. The molecule has 0 radical (unpaired) electrons. The maximum atomic E-state index is 13.5. The van der Waals surface area contributed by atoms with Gasteiger partial charge in [-0.3, -0.25) is 0 Å². The van der Waals surface area contributed by atoms with E-state index in [1.807, 2.05) is 18.2 Å². The normalized spacial score (nSPS) is 12.9. The van der Waals surface area contributed by atoms with Crippen LogP contribution in [0.1, 0.15) is 11.1 Å². The summed E-state index contributed by atoms with van der Waals surface area (Å²) in [5, 5.41) is 6.08. The van der Waals surface area contributed by atoms with E-state index in [1.54, 1.807) is 0 Å². The third-order valence-electron chi connectivity index (χ3n) is 3.41. The molecule has 2 aromatic rings. The van der Waals surface area contributed by atoms with Gasteiger partial charge in [0, 0.05) is 30.9 Å². The summed E-state index contributed by atoms with van der Waals surface area (Å²) >= 11 is 0. The highest BCUT2D eigenvalue weighted by molar-refractivity contribution is 5.62. The average Bonchev–Trinajstić information content (AvgIpc) is 2.90. The van der Waals surface area contributed by atoms with Crippen molar-refractivity contribution in [1.82, 2.24) is 0 Å². The van der Waals surface area contributed by atoms with Crippen molar-refractivity contribution in [3.8, 4) is 0 Å². The lowest BCUT2D eigenvalue weighted by Crippen LogP contribution is -2.05. The molecule has 20 heavy (non-hydrogen) atoms. The Hall–Kier alpha value is -2.17. The lowest BCUT2D eigenvalue weighted by Gasteiger charge is -2.12. The van der Waals surface area contributed by atoms with Crippen LogP contribution < -0.4 is 10.6 Å². The molecule has 1 aliphatic heterocycles. The minimum Gasteiger partial charge on any atom is -0.384 e. The van der Waals surface area contributed by atoms with Crippen molar-refractivity contribution >= 4 is 11.4 Å². The van der Waals surface area contributed by atoms with E-state index in [0.717, 1.165) is 30.3 Å². The molecule has 1 aliphatic rings. The number of nitrogens with one attached hydrogen (secondary N) is 2. The fourth-order valence-corrected chi connectivity index (χ4v) is 2.41. The maximum absolute atomic E-state index is 13.5. The summed E-state index contributed by atoms with van der Waals surface area (Å²) in [6.45, 7) is 1.23. The molecule has 0 unspecified atom stereocenters. The summed E-state index contributed by atoms with van der Waals surface area (Å²) in [5.74, 6) is -3.05. The fraction of sp³-hybridized carbons (Fsp3) is 0.200. The van der Waals surface area contributed by atoms with Crippen molar-refractivity contribution in [2.45, 2.75) is 13.0 Å². The Kier molecular flexibility index (Phi) is 3.26. The first-order valence-electron chi connectivity index (χ1n) is 6.38. The molecule has 0 saturated heterocycles. The van der Waals surface area contributed by atoms with Crippen molar-refractivity contribution in [2.24, 2.45) is 0 Å². The highest BCUT2D eigenvalue weighted by Crippen LogP contribution is 2.27. The van der Waals surface area contributed by atoms with Crippen molar-refractivity contribution < 1.29 is 13.2 Å². The Bertz CT molecular complexity index is 656. The van der Waals surface area contributed by atoms with Crippen LogP contribution in [-0.4, -0.2) is 6.54 Å². The van der Waals surface area contributed by atoms with Gasteiger partial charge in [-0.15, -0.1) is 0 Å². The molecule has 2 N–H and O–H groups in total. The molecule has 5 heteroatoms. The number of hydrogen-bond acceptors (Lipinski definition) is 2. The molecular formula is C15H13F3N2. The van der Waals surface area contributed by atoms with Crippen LogP contribution in [0.3, 0.4) is 0 Å². The highest BCUT2D eigenvalue weighted by Gasteiger charge is 2.14. The molecule has 3 rings (SSSR count). The summed E-state index contributed by atoms with van der Waals surface area (Å²) in [7, 11) is 0. The zero-order valence-corrected chi connectivity index (χ0v) is 10.6. The quantitative estimate of drug-likeness (QED) is 0.837. The van der Waals surface area contributed by atoms with E-state index >= 15 is 0 Å². The monoisotopic (exact) mass is 278 g/mol. The van der Waals surface area contributed by atoms with E-state index in [0.29, 0.717) is 12.6 Å². The Morgan fingerprint density at radius 2 is 1.85 bits per heavy atom. The van der Waals surface area contributed by atoms with Crippen LogP contribution >= 0.6 is 0 Å². The fourth-order valence-electron chi connectivity index (χ4n) is 2.41. The topological polar surface area (TPSA) is 24.1 Å². The van der Waals surface area contributed by atoms with Crippen LogP contribution in [0.25, 0.3) is 0 Å². The summed E-state index contributed by atoms with van der Waals surface area (Å²) in [5.41, 5.74) is 3.20. The van der Waals surface area contributed by atoms with E-state index < -0.39 is 17.5 Å². The van der Waals surface area contributed by atoms with Crippen LogP contribution in [0.2, 0.25) is 0 Å². The van der Waals surface area contributed by atoms with E-state index in [-0.39, 0.29) is 5.69 Å². The molecule has 0 aromatic heterocycles. The van der Waals surface area contributed by atoms with Crippen LogP contribution in [0, 0.1) is 17.5 Å². The standard InChI is InChI=1S/C15H13F3N2/c16-11-6-13(18)14(7-12(11)17)20-8-10-3-1-2-9-4-5-19-15(9)10/h1-3,6-7,19-20H,4-5,8H2. The van der Waals surface area contributed by atoms with Gasteiger partial charge in [0.1, 0.15) is 5.82 Å². The number of anilines is 2.